The van der Waals surface area contributed by atoms with E-state index >= 15 is 0 Å². The molecular formula is C20H25NO2. The molecule has 2 aromatic carbocycles. The highest BCUT2D eigenvalue weighted by Gasteiger charge is 2.16. The highest BCUT2D eigenvalue weighted by molar-refractivity contribution is 5.86. The summed E-state index contributed by atoms with van der Waals surface area (Å²) in [6.45, 7) is 11.8. The average Bonchev–Trinajstić information content (AvgIpc) is 2.34. The molecule has 0 aliphatic rings. The maximum Gasteiger partial charge on any atom is 0.412 e. The first kappa shape index (κ1) is 17.1. The third-order valence-electron chi connectivity index (χ3n) is 3.28. The largest absolute Gasteiger partial charge is 0.444 e. The number of nitrogens with one attached hydrogen (secondary N) is 1. The van der Waals surface area contributed by atoms with Gasteiger partial charge in [-0.3, -0.25) is 5.32 Å². The molecule has 3 heteroatoms. The second-order valence-electron chi connectivity index (χ2n) is 7.09. The lowest BCUT2D eigenvalue weighted by atomic mass is 9.99. The molecule has 122 valence electrons. The van der Waals surface area contributed by atoms with Crippen molar-refractivity contribution in [2.75, 3.05) is 5.32 Å². The minimum Gasteiger partial charge on any atom is -0.444 e. The Balaban J connectivity index is 2.30. The van der Waals surface area contributed by atoms with Crippen LogP contribution in [0.15, 0.2) is 36.4 Å². The maximum absolute atomic E-state index is 12.0. The van der Waals surface area contributed by atoms with Gasteiger partial charge in [0.2, 0.25) is 0 Å². The lowest BCUT2D eigenvalue weighted by Gasteiger charge is -2.20. The third-order valence-corrected chi connectivity index (χ3v) is 3.28. The van der Waals surface area contributed by atoms with Crippen LogP contribution in [-0.2, 0) is 4.74 Å². The summed E-state index contributed by atoms with van der Waals surface area (Å²) < 4.78 is 5.32. The zero-order valence-corrected chi connectivity index (χ0v) is 14.8. The van der Waals surface area contributed by atoms with Crippen molar-refractivity contribution < 1.29 is 9.53 Å². The van der Waals surface area contributed by atoms with Crippen molar-refractivity contribution in [2.24, 2.45) is 0 Å². The number of benzene rings is 2. The zero-order chi connectivity index (χ0) is 17.2. The van der Waals surface area contributed by atoms with E-state index in [-0.39, 0.29) is 0 Å². The molecule has 0 heterocycles. The van der Waals surface area contributed by atoms with Crippen molar-refractivity contribution in [1.82, 2.24) is 0 Å². The molecule has 0 saturated heterocycles. The standard InChI is InChI=1S/C20H25NO2/c1-13-7-14(2)9-16(8-13)17-10-15(3)11-18(12-17)21-19(22)23-20(4,5)6/h7-12H,1-6H3,(H,21,22). The minimum atomic E-state index is -0.510. The maximum atomic E-state index is 12.0. The van der Waals surface area contributed by atoms with E-state index in [1.165, 1.54) is 11.1 Å². The van der Waals surface area contributed by atoms with E-state index in [2.05, 4.69) is 43.4 Å². The van der Waals surface area contributed by atoms with Gasteiger partial charge in [0.15, 0.2) is 0 Å². The quantitative estimate of drug-likeness (QED) is 0.781. The number of carbonyl (C=O) groups is 1. The molecule has 0 bridgehead atoms. The molecule has 0 aliphatic carbocycles. The van der Waals surface area contributed by atoms with E-state index < -0.39 is 11.7 Å². The number of aryl methyl sites for hydroxylation is 3. The molecule has 0 aliphatic heterocycles. The summed E-state index contributed by atoms with van der Waals surface area (Å²) in [6, 6.07) is 12.5. The lowest BCUT2D eigenvalue weighted by Crippen LogP contribution is -2.27. The van der Waals surface area contributed by atoms with Crippen LogP contribution in [0.25, 0.3) is 11.1 Å². The second kappa shape index (κ2) is 6.45. The SMILES string of the molecule is Cc1cc(C)cc(-c2cc(C)cc(NC(=O)OC(C)(C)C)c2)c1. The van der Waals surface area contributed by atoms with E-state index in [0.717, 1.165) is 22.4 Å². The summed E-state index contributed by atoms with van der Waals surface area (Å²) in [5, 5.41) is 2.82. The molecule has 2 rings (SSSR count). The van der Waals surface area contributed by atoms with Crippen LogP contribution in [0, 0.1) is 20.8 Å². The predicted octanol–water partition coefficient (Wildman–Crippen LogP) is 5.63. The molecule has 0 aromatic heterocycles. The molecule has 1 amide bonds. The molecule has 0 fully saturated rings. The first-order valence-electron chi connectivity index (χ1n) is 7.83. The normalized spacial score (nSPS) is 11.2. The molecule has 1 N–H and O–H groups in total. The number of amides is 1. The van der Waals surface area contributed by atoms with Crippen molar-refractivity contribution in [1.29, 1.82) is 0 Å². The van der Waals surface area contributed by atoms with Gasteiger partial charge in [-0.1, -0.05) is 35.4 Å². The van der Waals surface area contributed by atoms with Crippen molar-refractivity contribution in [3.8, 4) is 11.1 Å². The van der Waals surface area contributed by atoms with Crippen molar-refractivity contribution in [3.63, 3.8) is 0 Å². The van der Waals surface area contributed by atoms with Gasteiger partial charge in [-0.15, -0.1) is 0 Å². The van der Waals surface area contributed by atoms with Gasteiger partial charge in [0.1, 0.15) is 5.60 Å². The van der Waals surface area contributed by atoms with E-state index in [1.807, 2.05) is 39.8 Å². The Morgan fingerprint density at radius 2 is 1.30 bits per heavy atom. The van der Waals surface area contributed by atoms with E-state index in [0.29, 0.717) is 0 Å². The molecule has 2 aromatic rings. The van der Waals surface area contributed by atoms with Gasteiger partial charge < -0.3 is 4.74 Å². The van der Waals surface area contributed by atoms with Gasteiger partial charge in [0.05, 0.1) is 0 Å². The number of anilines is 1. The van der Waals surface area contributed by atoms with Crippen LogP contribution in [0.1, 0.15) is 37.5 Å². The fraction of sp³-hybridized carbons (Fsp3) is 0.350. The average molecular weight is 311 g/mol. The highest BCUT2D eigenvalue weighted by atomic mass is 16.6. The number of rotatable bonds is 2. The number of ether oxygens (including phenoxy) is 1. The minimum absolute atomic E-state index is 0.436. The molecule has 0 atom stereocenters. The topological polar surface area (TPSA) is 38.3 Å². The van der Waals surface area contributed by atoms with Gasteiger partial charge in [-0.25, -0.2) is 4.79 Å². The van der Waals surface area contributed by atoms with E-state index in [1.54, 1.807) is 0 Å². The van der Waals surface area contributed by atoms with Gasteiger partial charge >= 0.3 is 6.09 Å². The molecule has 23 heavy (non-hydrogen) atoms. The van der Waals surface area contributed by atoms with Gasteiger partial charge in [-0.05, 0) is 70.4 Å². The number of hydrogen-bond acceptors (Lipinski definition) is 2. The molecule has 0 radical (unpaired) electrons. The van der Waals surface area contributed by atoms with Crippen molar-refractivity contribution >= 4 is 11.8 Å². The van der Waals surface area contributed by atoms with Crippen LogP contribution in [0.3, 0.4) is 0 Å². The van der Waals surface area contributed by atoms with E-state index in [9.17, 15) is 4.79 Å². The first-order valence-corrected chi connectivity index (χ1v) is 7.83. The van der Waals surface area contributed by atoms with Crippen LogP contribution in [0.5, 0.6) is 0 Å². The second-order valence-corrected chi connectivity index (χ2v) is 7.09. The Morgan fingerprint density at radius 1 is 0.826 bits per heavy atom. The molecule has 0 spiro atoms. The monoisotopic (exact) mass is 311 g/mol. The Morgan fingerprint density at radius 3 is 1.83 bits per heavy atom. The lowest BCUT2D eigenvalue weighted by molar-refractivity contribution is 0.0636. The third kappa shape index (κ3) is 5.13. The summed E-state index contributed by atoms with van der Waals surface area (Å²) in [4.78, 5) is 12.0. The molecule has 0 unspecified atom stereocenters. The summed E-state index contributed by atoms with van der Waals surface area (Å²) in [5.41, 5.74) is 6.01. The van der Waals surface area contributed by atoms with Crippen LogP contribution in [-0.4, -0.2) is 11.7 Å². The Kier molecular flexibility index (Phi) is 4.79. The number of hydrogen-bond donors (Lipinski definition) is 1. The Bertz CT molecular complexity index is 707. The fourth-order valence-corrected chi connectivity index (χ4v) is 2.58. The first-order chi connectivity index (χ1) is 10.6. The van der Waals surface area contributed by atoms with E-state index in [4.69, 9.17) is 4.74 Å². The zero-order valence-electron chi connectivity index (χ0n) is 14.8. The summed E-state index contributed by atoms with van der Waals surface area (Å²) >= 11 is 0. The van der Waals surface area contributed by atoms with Crippen molar-refractivity contribution in [3.05, 3.63) is 53.1 Å². The fourth-order valence-electron chi connectivity index (χ4n) is 2.58. The van der Waals surface area contributed by atoms with Crippen LogP contribution < -0.4 is 5.32 Å². The molecule has 3 nitrogen and oxygen atoms in total. The predicted molar refractivity (Wildman–Crippen MR) is 95.9 cm³/mol. The summed E-state index contributed by atoms with van der Waals surface area (Å²) in [7, 11) is 0. The Hall–Kier alpha value is -2.29. The molecular weight excluding hydrogens is 286 g/mol. The van der Waals surface area contributed by atoms with Crippen LogP contribution in [0.2, 0.25) is 0 Å². The highest BCUT2D eigenvalue weighted by Crippen LogP contribution is 2.27. The van der Waals surface area contributed by atoms with Crippen LogP contribution >= 0.6 is 0 Å². The number of carbonyl (C=O) groups excluding carboxylic acids is 1. The molecule has 0 saturated carbocycles. The van der Waals surface area contributed by atoms with Gasteiger partial charge in [0, 0.05) is 5.69 Å². The van der Waals surface area contributed by atoms with Crippen molar-refractivity contribution in [2.45, 2.75) is 47.1 Å². The van der Waals surface area contributed by atoms with Gasteiger partial charge in [-0.2, -0.15) is 0 Å². The summed E-state index contributed by atoms with van der Waals surface area (Å²) in [5.74, 6) is 0. The Labute approximate surface area is 138 Å². The van der Waals surface area contributed by atoms with Gasteiger partial charge in [0.25, 0.3) is 0 Å². The summed E-state index contributed by atoms with van der Waals surface area (Å²) in [6.07, 6.45) is -0.436. The smallest absolute Gasteiger partial charge is 0.412 e. The van der Waals surface area contributed by atoms with Crippen LogP contribution in [0.4, 0.5) is 10.5 Å².